The van der Waals surface area contributed by atoms with E-state index >= 15 is 0 Å². The highest BCUT2D eigenvalue weighted by atomic mass is 16.4. The van der Waals surface area contributed by atoms with Crippen LogP contribution in [-0.4, -0.2) is 52.5 Å². The van der Waals surface area contributed by atoms with Gasteiger partial charge in [-0.2, -0.15) is 0 Å². The van der Waals surface area contributed by atoms with E-state index in [-0.39, 0.29) is 5.91 Å². The molecule has 0 unspecified atom stereocenters. The Kier molecular flexibility index (Phi) is 8.56. The number of benzene rings is 2. The molecule has 37 heavy (non-hydrogen) atoms. The number of anilines is 2. The number of rotatable bonds is 10. The van der Waals surface area contributed by atoms with Crippen LogP contribution in [0.3, 0.4) is 0 Å². The first-order valence-corrected chi connectivity index (χ1v) is 12.7. The van der Waals surface area contributed by atoms with E-state index in [9.17, 15) is 14.4 Å². The molecule has 194 valence electrons. The number of primary amides is 1. The number of nitrogens with zero attached hydrogens (tertiary/aromatic N) is 2. The number of aromatic nitrogens is 1. The quantitative estimate of drug-likeness (QED) is 0.298. The van der Waals surface area contributed by atoms with Crippen LogP contribution in [0.5, 0.6) is 0 Å². The van der Waals surface area contributed by atoms with Gasteiger partial charge in [-0.1, -0.05) is 30.7 Å². The highest BCUT2D eigenvalue weighted by Crippen LogP contribution is 2.34. The van der Waals surface area contributed by atoms with E-state index in [0.29, 0.717) is 43.2 Å². The summed E-state index contributed by atoms with van der Waals surface area (Å²) < 4.78 is 0. The lowest BCUT2D eigenvalue weighted by Gasteiger charge is -2.32. The van der Waals surface area contributed by atoms with Crippen LogP contribution in [0.25, 0.3) is 10.9 Å². The molecule has 0 radical (unpaired) electrons. The highest BCUT2D eigenvalue weighted by Gasteiger charge is 2.24. The molecule has 1 aromatic heterocycles. The molecule has 1 aliphatic rings. The number of hydrogen-bond acceptors (Lipinski definition) is 5. The molecule has 4 rings (SSSR count). The van der Waals surface area contributed by atoms with E-state index in [2.05, 4.69) is 27.8 Å². The van der Waals surface area contributed by atoms with Crippen LogP contribution in [0.2, 0.25) is 0 Å². The number of fused-ring (bicyclic) bond motifs is 1. The van der Waals surface area contributed by atoms with Crippen LogP contribution in [0, 0.1) is 0 Å². The molecule has 0 spiro atoms. The van der Waals surface area contributed by atoms with Crippen LogP contribution in [0.1, 0.15) is 60.4 Å². The Bertz CT molecular complexity index is 1260. The van der Waals surface area contributed by atoms with Crippen molar-refractivity contribution in [1.82, 2.24) is 15.2 Å². The van der Waals surface area contributed by atoms with Gasteiger partial charge < -0.3 is 26.4 Å². The molecule has 1 saturated heterocycles. The third kappa shape index (κ3) is 6.75. The smallest absolute Gasteiger partial charge is 0.404 e. The summed E-state index contributed by atoms with van der Waals surface area (Å²) in [5.74, 6) is -0.0756. The van der Waals surface area contributed by atoms with Crippen molar-refractivity contribution >= 4 is 40.2 Å². The number of carbonyl (C=O) groups excluding carboxylic acids is 2. The van der Waals surface area contributed by atoms with Gasteiger partial charge >= 0.3 is 6.09 Å². The fraction of sp³-hybridized carbons (Fsp3) is 0.357. The number of para-hydroxylation sites is 1. The van der Waals surface area contributed by atoms with Gasteiger partial charge in [0.1, 0.15) is 0 Å². The molecule has 9 nitrogen and oxygen atoms in total. The number of carboxylic acid groups (broad SMARTS) is 1. The van der Waals surface area contributed by atoms with Gasteiger partial charge in [0.05, 0.1) is 16.8 Å². The maximum Gasteiger partial charge on any atom is 0.404 e. The fourth-order valence-corrected chi connectivity index (χ4v) is 4.85. The largest absolute Gasteiger partial charge is 0.465 e. The van der Waals surface area contributed by atoms with E-state index in [4.69, 9.17) is 10.8 Å². The topological polar surface area (TPSA) is 138 Å². The van der Waals surface area contributed by atoms with E-state index in [1.54, 1.807) is 0 Å². The average molecular weight is 504 g/mol. The average Bonchev–Trinajstić information content (AvgIpc) is 2.91. The van der Waals surface area contributed by atoms with E-state index in [0.717, 1.165) is 54.3 Å². The zero-order chi connectivity index (χ0) is 26.2. The van der Waals surface area contributed by atoms with Crippen molar-refractivity contribution in [2.75, 3.05) is 25.0 Å². The second kappa shape index (κ2) is 12.2. The monoisotopic (exact) mass is 503 g/mol. The number of likely N-dealkylation sites (tertiary alicyclic amines) is 1. The van der Waals surface area contributed by atoms with Gasteiger partial charge in [0, 0.05) is 43.3 Å². The van der Waals surface area contributed by atoms with E-state index in [1.807, 2.05) is 41.3 Å². The summed E-state index contributed by atoms with van der Waals surface area (Å²) in [5.41, 5.74) is 9.45. The Morgan fingerprint density at radius 2 is 1.78 bits per heavy atom. The summed E-state index contributed by atoms with van der Waals surface area (Å²) in [6.07, 6.45) is 5.04. The van der Waals surface area contributed by atoms with Crippen molar-refractivity contribution in [1.29, 1.82) is 0 Å². The van der Waals surface area contributed by atoms with Crippen LogP contribution >= 0.6 is 0 Å². The zero-order valence-corrected chi connectivity index (χ0v) is 20.8. The van der Waals surface area contributed by atoms with Gasteiger partial charge in [-0.15, -0.1) is 0 Å². The molecule has 1 aliphatic heterocycles. The Morgan fingerprint density at radius 3 is 2.49 bits per heavy atom. The minimum atomic E-state index is -1.02. The molecule has 2 heterocycles. The molecule has 0 aliphatic carbocycles. The Morgan fingerprint density at radius 1 is 1.03 bits per heavy atom. The molecular weight excluding hydrogens is 470 g/mol. The molecular formula is C28H33N5O4. The molecule has 3 amide bonds. The normalized spacial score (nSPS) is 13.9. The standard InChI is InChI=1S/C28H33N5O4/c29-27(35)23-18-31-24-11-10-20(17-22(24)26(23)32-21-7-3-1-4-8-21)19-12-15-33(16-13-19)25(34)9-5-2-6-14-30-28(36)37/h1,3-4,7-8,10-11,17-19,30H,2,5-6,9,12-16H2,(H2,29,35)(H,31,32)(H,36,37). The number of amides is 3. The predicted molar refractivity (Wildman–Crippen MR) is 143 cm³/mol. The van der Waals surface area contributed by atoms with Crippen LogP contribution in [0.15, 0.2) is 54.7 Å². The molecule has 3 aromatic rings. The minimum absolute atomic E-state index is 0.160. The van der Waals surface area contributed by atoms with Gasteiger partial charge in [0.15, 0.2) is 0 Å². The van der Waals surface area contributed by atoms with Crippen molar-refractivity contribution in [3.05, 3.63) is 65.9 Å². The lowest BCUT2D eigenvalue weighted by atomic mass is 9.88. The first kappa shape index (κ1) is 25.9. The van der Waals surface area contributed by atoms with Crippen molar-refractivity contribution < 1.29 is 19.5 Å². The number of pyridine rings is 1. The maximum absolute atomic E-state index is 12.6. The van der Waals surface area contributed by atoms with Crippen molar-refractivity contribution in [3.8, 4) is 0 Å². The molecule has 9 heteroatoms. The van der Waals surface area contributed by atoms with Crippen molar-refractivity contribution in [2.24, 2.45) is 5.73 Å². The molecule has 2 aromatic carbocycles. The van der Waals surface area contributed by atoms with Crippen LogP contribution < -0.4 is 16.4 Å². The lowest BCUT2D eigenvalue weighted by Crippen LogP contribution is -2.37. The lowest BCUT2D eigenvalue weighted by molar-refractivity contribution is -0.132. The molecule has 0 atom stereocenters. The number of piperidine rings is 1. The van der Waals surface area contributed by atoms with Gasteiger partial charge in [-0.05, 0) is 61.4 Å². The highest BCUT2D eigenvalue weighted by molar-refractivity contribution is 6.07. The number of hydrogen-bond donors (Lipinski definition) is 4. The first-order valence-electron chi connectivity index (χ1n) is 12.7. The number of unbranched alkanes of at least 4 members (excludes halogenated alkanes) is 2. The van der Waals surface area contributed by atoms with Crippen LogP contribution in [0.4, 0.5) is 16.2 Å². The zero-order valence-electron chi connectivity index (χ0n) is 20.8. The fourth-order valence-electron chi connectivity index (χ4n) is 4.85. The van der Waals surface area contributed by atoms with E-state index < -0.39 is 12.0 Å². The Balaban J connectivity index is 1.41. The Hall–Kier alpha value is -4.14. The predicted octanol–water partition coefficient (Wildman–Crippen LogP) is 4.61. The van der Waals surface area contributed by atoms with Crippen LogP contribution in [-0.2, 0) is 4.79 Å². The second-order valence-corrected chi connectivity index (χ2v) is 9.38. The van der Waals surface area contributed by atoms with Gasteiger partial charge in [-0.3, -0.25) is 14.6 Å². The maximum atomic E-state index is 12.6. The van der Waals surface area contributed by atoms with Gasteiger partial charge in [0.25, 0.3) is 5.91 Å². The number of nitrogens with two attached hydrogens (primary N) is 1. The van der Waals surface area contributed by atoms with Gasteiger partial charge in [0.2, 0.25) is 5.91 Å². The summed E-state index contributed by atoms with van der Waals surface area (Å²) in [4.78, 5) is 41.7. The summed E-state index contributed by atoms with van der Waals surface area (Å²) in [6.45, 7) is 1.83. The summed E-state index contributed by atoms with van der Waals surface area (Å²) in [7, 11) is 0. The third-order valence-electron chi connectivity index (χ3n) is 6.86. The van der Waals surface area contributed by atoms with Gasteiger partial charge in [-0.25, -0.2) is 4.79 Å². The molecule has 0 bridgehead atoms. The number of carbonyl (C=O) groups is 3. The number of nitrogens with one attached hydrogen (secondary N) is 2. The summed E-state index contributed by atoms with van der Waals surface area (Å²) in [5, 5.41) is 15.1. The molecule has 1 fully saturated rings. The first-order chi connectivity index (χ1) is 17.9. The minimum Gasteiger partial charge on any atom is -0.465 e. The van der Waals surface area contributed by atoms with Crippen molar-refractivity contribution in [2.45, 2.75) is 44.4 Å². The van der Waals surface area contributed by atoms with Crippen molar-refractivity contribution in [3.63, 3.8) is 0 Å². The second-order valence-electron chi connectivity index (χ2n) is 9.38. The summed E-state index contributed by atoms with van der Waals surface area (Å²) in [6, 6.07) is 15.8. The molecule has 0 saturated carbocycles. The third-order valence-corrected chi connectivity index (χ3v) is 6.86. The molecule has 5 N–H and O–H groups in total. The Labute approximate surface area is 216 Å². The SMILES string of the molecule is NC(=O)c1cnc2ccc(C3CCN(C(=O)CCCCCNC(=O)O)CC3)cc2c1Nc1ccccc1. The van der Waals surface area contributed by atoms with E-state index in [1.165, 1.54) is 6.20 Å². The summed E-state index contributed by atoms with van der Waals surface area (Å²) >= 11 is 0.